The fourth-order valence-electron chi connectivity index (χ4n) is 4.63. The molecule has 0 aromatic carbocycles. The molecule has 3 heterocycles. The summed E-state index contributed by atoms with van der Waals surface area (Å²) >= 11 is 0. The van der Waals surface area contributed by atoms with Crippen molar-refractivity contribution in [2.75, 3.05) is 26.2 Å². The molecule has 3 fully saturated rings. The van der Waals surface area contributed by atoms with Crippen molar-refractivity contribution in [1.29, 1.82) is 0 Å². The Hall–Kier alpha value is -1.85. The maximum Gasteiger partial charge on any atom is 0.225 e. The van der Waals surface area contributed by atoms with E-state index >= 15 is 0 Å². The smallest absolute Gasteiger partial charge is 0.225 e. The van der Waals surface area contributed by atoms with Gasteiger partial charge in [0.15, 0.2) is 0 Å². The van der Waals surface area contributed by atoms with Crippen molar-refractivity contribution in [2.45, 2.75) is 51.4 Å². The summed E-state index contributed by atoms with van der Waals surface area (Å²) in [5.41, 5.74) is 1.18. The van der Waals surface area contributed by atoms with Gasteiger partial charge in [0.25, 0.3) is 0 Å². The summed E-state index contributed by atoms with van der Waals surface area (Å²) in [7, 11) is 0. The molecule has 4 rings (SSSR count). The molecule has 2 saturated heterocycles. The number of hydrogen-bond donors (Lipinski definition) is 1. The molecule has 2 amide bonds. The maximum atomic E-state index is 12.7. The molecule has 1 aromatic heterocycles. The van der Waals surface area contributed by atoms with E-state index in [-0.39, 0.29) is 17.2 Å². The van der Waals surface area contributed by atoms with Crippen LogP contribution >= 0.6 is 0 Å². The van der Waals surface area contributed by atoms with Gasteiger partial charge < -0.3 is 14.8 Å². The SMILES string of the molecule is O=C1CC[C@]2(CCCN(C(=O)C3CCC3)C2)CN1CCc1cnc[nH]1. The molecule has 25 heavy (non-hydrogen) atoms. The third-order valence-electron chi connectivity index (χ3n) is 6.38. The third kappa shape index (κ3) is 3.44. The standard InChI is InChI=1S/C19H28N4O2/c24-17-5-8-19(12-22(17)10-6-16-11-20-14-21-16)7-2-9-23(13-19)18(25)15-3-1-4-15/h11,14-15H,1-10,12-13H2,(H,20,21)/t19-/m1/s1. The second-order valence-corrected chi connectivity index (χ2v) is 8.13. The molecule has 2 aliphatic heterocycles. The minimum Gasteiger partial charge on any atom is -0.348 e. The van der Waals surface area contributed by atoms with Crippen LogP contribution in [0, 0.1) is 11.3 Å². The average Bonchev–Trinajstić information content (AvgIpc) is 3.08. The highest BCUT2D eigenvalue weighted by Gasteiger charge is 2.43. The van der Waals surface area contributed by atoms with Crippen LogP contribution in [-0.2, 0) is 16.0 Å². The minimum atomic E-state index is 0.111. The van der Waals surface area contributed by atoms with Crippen molar-refractivity contribution in [3.8, 4) is 0 Å². The van der Waals surface area contributed by atoms with Crippen molar-refractivity contribution in [1.82, 2.24) is 19.8 Å². The van der Waals surface area contributed by atoms with Gasteiger partial charge in [0.05, 0.1) is 6.33 Å². The van der Waals surface area contributed by atoms with Crippen LogP contribution in [0.2, 0.25) is 0 Å². The van der Waals surface area contributed by atoms with Crippen LogP contribution in [0.1, 0.15) is 50.6 Å². The first-order valence-electron chi connectivity index (χ1n) is 9.69. The van der Waals surface area contributed by atoms with E-state index in [1.165, 1.54) is 6.42 Å². The summed E-state index contributed by atoms with van der Waals surface area (Å²) in [5.74, 6) is 0.899. The molecule has 0 bridgehead atoms. The van der Waals surface area contributed by atoms with Crippen molar-refractivity contribution in [3.05, 3.63) is 18.2 Å². The third-order valence-corrected chi connectivity index (χ3v) is 6.38. The van der Waals surface area contributed by atoms with Gasteiger partial charge >= 0.3 is 0 Å². The Balaban J connectivity index is 1.39. The van der Waals surface area contributed by atoms with Gasteiger partial charge in [-0.25, -0.2) is 4.98 Å². The summed E-state index contributed by atoms with van der Waals surface area (Å²) in [6.45, 7) is 3.28. The molecule has 1 spiro atoms. The predicted octanol–water partition coefficient (Wildman–Crippen LogP) is 1.98. The maximum absolute atomic E-state index is 12.7. The zero-order chi connectivity index (χ0) is 17.3. The number of rotatable bonds is 4. The number of H-pyrrole nitrogens is 1. The van der Waals surface area contributed by atoms with E-state index in [9.17, 15) is 9.59 Å². The van der Waals surface area contributed by atoms with Crippen LogP contribution in [-0.4, -0.2) is 57.8 Å². The summed E-state index contributed by atoms with van der Waals surface area (Å²) < 4.78 is 0. The second-order valence-electron chi connectivity index (χ2n) is 8.13. The Labute approximate surface area is 149 Å². The van der Waals surface area contributed by atoms with Gasteiger partial charge in [0, 0.05) is 62.2 Å². The van der Waals surface area contributed by atoms with E-state index in [4.69, 9.17) is 0 Å². The number of aromatic amines is 1. The molecular weight excluding hydrogens is 316 g/mol. The van der Waals surface area contributed by atoms with Gasteiger partial charge in [-0.15, -0.1) is 0 Å². The number of likely N-dealkylation sites (tertiary alicyclic amines) is 2. The van der Waals surface area contributed by atoms with E-state index in [0.29, 0.717) is 12.3 Å². The molecule has 1 N–H and O–H groups in total. The molecule has 3 aliphatic rings. The number of imidazole rings is 1. The first-order valence-corrected chi connectivity index (χ1v) is 9.69. The number of piperidine rings is 2. The van der Waals surface area contributed by atoms with Gasteiger partial charge in [-0.1, -0.05) is 6.42 Å². The predicted molar refractivity (Wildman–Crippen MR) is 93.7 cm³/mol. The minimum absolute atomic E-state index is 0.111. The topological polar surface area (TPSA) is 69.3 Å². The molecule has 1 aromatic rings. The molecule has 136 valence electrons. The van der Waals surface area contributed by atoms with E-state index in [0.717, 1.165) is 70.4 Å². The lowest BCUT2D eigenvalue weighted by Gasteiger charge is -2.49. The molecule has 0 radical (unpaired) electrons. The lowest BCUT2D eigenvalue weighted by atomic mass is 9.73. The molecule has 1 saturated carbocycles. The van der Waals surface area contributed by atoms with E-state index in [1.54, 1.807) is 6.33 Å². The van der Waals surface area contributed by atoms with E-state index < -0.39 is 0 Å². The molecule has 6 nitrogen and oxygen atoms in total. The van der Waals surface area contributed by atoms with Crippen molar-refractivity contribution < 1.29 is 9.59 Å². The number of nitrogens with zero attached hydrogens (tertiary/aromatic N) is 3. The zero-order valence-corrected chi connectivity index (χ0v) is 14.9. The van der Waals surface area contributed by atoms with Crippen LogP contribution in [0.4, 0.5) is 0 Å². The van der Waals surface area contributed by atoms with Gasteiger partial charge in [-0.2, -0.15) is 0 Å². The van der Waals surface area contributed by atoms with Crippen LogP contribution in [0.25, 0.3) is 0 Å². The Morgan fingerprint density at radius 3 is 2.88 bits per heavy atom. The van der Waals surface area contributed by atoms with Crippen LogP contribution in [0.3, 0.4) is 0 Å². The number of hydrogen-bond acceptors (Lipinski definition) is 3. The Morgan fingerprint density at radius 2 is 2.16 bits per heavy atom. The number of carbonyl (C=O) groups is 2. The largest absolute Gasteiger partial charge is 0.348 e. The fraction of sp³-hybridized carbons (Fsp3) is 0.737. The van der Waals surface area contributed by atoms with Crippen LogP contribution < -0.4 is 0 Å². The molecule has 6 heteroatoms. The quantitative estimate of drug-likeness (QED) is 0.908. The lowest BCUT2D eigenvalue weighted by molar-refractivity contribution is -0.146. The second kappa shape index (κ2) is 6.81. The summed E-state index contributed by atoms with van der Waals surface area (Å²) in [6, 6.07) is 0. The average molecular weight is 344 g/mol. The lowest BCUT2D eigenvalue weighted by Crippen LogP contribution is -2.56. The van der Waals surface area contributed by atoms with Crippen LogP contribution in [0.5, 0.6) is 0 Å². The van der Waals surface area contributed by atoms with E-state index in [2.05, 4.69) is 14.9 Å². The monoisotopic (exact) mass is 344 g/mol. The highest BCUT2D eigenvalue weighted by molar-refractivity contribution is 5.80. The molecule has 1 atom stereocenters. The summed E-state index contributed by atoms with van der Waals surface area (Å²) in [6.07, 6.45) is 11.4. The summed E-state index contributed by atoms with van der Waals surface area (Å²) in [5, 5.41) is 0. The van der Waals surface area contributed by atoms with Crippen molar-refractivity contribution >= 4 is 11.8 Å². The van der Waals surface area contributed by atoms with Crippen LogP contribution in [0.15, 0.2) is 12.5 Å². The summed E-state index contributed by atoms with van der Waals surface area (Å²) in [4.78, 5) is 36.3. The van der Waals surface area contributed by atoms with Gasteiger partial charge in [-0.3, -0.25) is 9.59 Å². The normalized spacial score (nSPS) is 27.6. The molecular formula is C19H28N4O2. The Morgan fingerprint density at radius 1 is 1.28 bits per heavy atom. The Kier molecular flexibility index (Phi) is 4.52. The number of nitrogens with one attached hydrogen (secondary N) is 1. The number of carbonyl (C=O) groups excluding carboxylic acids is 2. The van der Waals surface area contributed by atoms with Gasteiger partial charge in [-0.05, 0) is 32.1 Å². The van der Waals surface area contributed by atoms with E-state index in [1.807, 2.05) is 11.1 Å². The van der Waals surface area contributed by atoms with Crippen molar-refractivity contribution in [3.63, 3.8) is 0 Å². The first kappa shape index (κ1) is 16.6. The number of aromatic nitrogens is 2. The Bertz CT molecular complexity index is 625. The molecule has 1 aliphatic carbocycles. The number of amides is 2. The molecule has 0 unspecified atom stereocenters. The van der Waals surface area contributed by atoms with Gasteiger partial charge in [0.2, 0.25) is 11.8 Å². The highest BCUT2D eigenvalue weighted by Crippen LogP contribution is 2.40. The first-order chi connectivity index (χ1) is 12.2. The fourth-order valence-corrected chi connectivity index (χ4v) is 4.63. The zero-order valence-electron chi connectivity index (χ0n) is 14.9. The van der Waals surface area contributed by atoms with Crippen molar-refractivity contribution in [2.24, 2.45) is 11.3 Å². The van der Waals surface area contributed by atoms with Gasteiger partial charge in [0.1, 0.15) is 0 Å². The highest BCUT2D eigenvalue weighted by atomic mass is 16.2.